The van der Waals surface area contributed by atoms with Gasteiger partial charge >= 0.3 is 6.03 Å². The summed E-state index contributed by atoms with van der Waals surface area (Å²) in [5.41, 5.74) is 3.50. The maximum atomic E-state index is 14.0. The molecule has 2 aromatic carbocycles. The summed E-state index contributed by atoms with van der Waals surface area (Å²) in [5, 5.41) is 8.44. The van der Waals surface area contributed by atoms with Gasteiger partial charge in [0.2, 0.25) is 0 Å². The Morgan fingerprint density at radius 1 is 1.09 bits per heavy atom. The molecular weight excluding hydrogens is 450 g/mol. The van der Waals surface area contributed by atoms with Crippen molar-refractivity contribution in [2.24, 2.45) is 0 Å². The molecular formula is C26H25N3O4S. The quantitative estimate of drug-likeness (QED) is 0.485. The second-order valence-corrected chi connectivity index (χ2v) is 9.07. The Morgan fingerprint density at radius 3 is 2.71 bits per heavy atom. The number of urea groups is 1. The van der Waals surface area contributed by atoms with Crippen LogP contribution in [0.4, 0.5) is 21.9 Å². The van der Waals surface area contributed by atoms with Crippen LogP contribution in [-0.2, 0) is 4.79 Å². The van der Waals surface area contributed by atoms with Crippen LogP contribution in [0.15, 0.2) is 71.2 Å². The summed E-state index contributed by atoms with van der Waals surface area (Å²) in [5.74, 6) is 1.17. The van der Waals surface area contributed by atoms with Gasteiger partial charge in [0.1, 0.15) is 17.5 Å². The van der Waals surface area contributed by atoms with Crippen molar-refractivity contribution < 1.29 is 19.1 Å². The molecule has 1 aromatic heterocycles. The molecule has 0 unspecified atom stereocenters. The van der Waals surface area contributed by atoms with E-state index in [9.17, 15) is 9.59 Å². The number of para-hydroxylation sites is 2. The first kappa shape index (κ1) is 22.0. The normalized spacial score (nSPS) is 17.3. The van der Waals surface area contributed by atoms with E-state index >= 15 is 0 Å². The summed E-state index contributed by atoms with van der Waals surface area (Å²) in [4.78, 5) is 29.9. The van der Waals surface area contributed by atoms with E-state index in [1.807, 2.05) is 41.8 Å². The molecule has 2 heterocycles. The number of hydrogen-bond donors (Lipinski definition) is 2. The molecule has 2 N–H and O–H groups in total. The third kappa shape index (κ3) is 3.90. The minimum absolute atomic E-state index is 0.0664. The highest BCUT2D eigenvalue weighted by atomic mass is 32.1. The number of benzene rings is 2. The largest absolute Gasteiger partial charge is 0.497 e. The van der Waals surface area contributed by atoms with Crippen LogP contribution >= 0.6 is 11.3 Å². The Kier molecular flexibility index (Phi) is 5.98. The van der Waals surface area contributed by atoms with Gasteiger partial charge < -0.3 is 20.1 Å². The summed E-state index contributed by atoms with van der Waals surface area (Å²) >= 11 is 1.53. The monoisotopic (exact) mass is 475 g/mol. The maximum absolute atomic E-state index is 14.0. The van der Waals surface area contributed by atoms with Gasteiger partial charge in [-0.05, 0) is 48.6 Å². The van der Waals surface area contributed by atoms with Crippen LogP contribution in [0.1, 0.15) is 30.2 Å². The number of hydrogen-bond acceptors (Lipinski definition) is 6. The van der Waals surface area contributed by atoms with Crippen molar-refractivity contribution in [2.75, 3.05) is 29.8 Å². The van der Waals surface area contributed by atoms with Crippen molar-refractivity contribution >= 4 is 40.2 Å². The lowest BCUT2D eigenvalue weighted by Crippen LogP contribution is -2.40. The molecule has 8 heteroatoms. The fourth-order valence-electron chi connectivity index (χ4n) is 4.56. The Morgan fingerprint density at radius 2 is 1.94 bits per heavy atom. The predicted molar refractivity (Wildman–Crippen MR) is 134 cm³/mol. The van der Waals surface area contributed by atoms with Crippen LogP contribution in [0.3, 0.4) is 0 Å². The van der Waals surface area contributed by atoms with Crippen molar-refractivity contribution in [1.29, 1.82) is 0 Å². The molecule has 2 amide bonds. The first-order valence-corrected chi connectivity index (χ1v) is 12.0. The van der Waals surface area contributed by atoms with Gasteiger partial charge in [0, 0.05) is 28.6 Å². The number of carbonyl (C=O) groups excluding carboxylic acids is 2. The van der Waals surface area contributed by atoms with Crippen molar-refractivity contribution in [2.45, 2.75) is 25.3 Å². The Hall–Kier alpha value is -3.78. The van der Waals surface area contributed by atoms with E-state index in [1.165, 1.54) is 11.3 Å². The highest BCUT2D eigenvalue weighted by molar-refractivity contribution is 7.10. The van der Waals surface area contributed by atoms with Crippen LogP contribution in [0.5, 0.6) is 11.5 Å². The minimum Gasteiger partial charge on any atom is -0.497 e. The van der Waals surface area contributed by atoms with Gasteiger partial charge in [-0.15, -0.1) is 11.3 Å². The molecule has 1 aliphatic heterocycles. The zero-order valence-corrected chi connectivity index (χ0v) is 19.8. The second-order valence-electron chi connectivity index (χ2n) is 8.10. The summed E-state index contributed by atoms with van der Waals surface area (Å²) in [6.45, 7) is 0. The fraction of sp³-hybridized carbons (Fsp3) is 0.231. The van der Waals surface area contributed by atoms with E-state index in [0.717, 1.165) is 29.1 Å². The topological polar surface area (TPSA) is 79.9 Å². The van der Waals surface area contributed by atoms with Crippen LogP contribution < -0.4 is 25.0 Å². The van der Waals surface area contributed by atoms with Gasteiger partial charge in [0.05, 0.1) is 31.3 Å². The molecule has 0 fully saturated rings. The lowest BCUT2D eigenvalue weighted by atomic mass is 9.88. The van der Waals surface area contributed by atoms with Crippen LogP contribution in [0, 0.1) is 0 Å². The molecule has 7 nitrogen and oxygen atoms in total. The van der Waals surface area contributed by atoms with Gasteiger partial charge in [-0.1, -0.05) is 18.2 Å². The highest BCUT2D eigenvalue weighted by Crippen LogP contribution is 2.46. The van der Waals surface area contributed by atoms with Gasteiger partial charge in [0.15, 0.2) is 5.78 Å². The van der Waals surface area contributed by atoms with E-state index in [4.69, 9.17) is 9.47 Å². The van der Waals surface area contributed by atoms with E-state index < -0.39 is 6.04 Å². The zero-order valence-electron chi connectivity index (χ0n) is 19.0. The fourth-order valence-corrected chi connectivity index (χ4v) is 5.38. The zero-order chi connectivity index (χ0) is 23.7. The molecule has 5 rings (SSSR count). The Labute approximate surface area is 202 Å². The molecule has 0 spiro atoms. The standard InChI is InChI=1S/C26H25N3O4S/c1-32-16-12-13-22(33-2)19(15-16)28-26(31)29-20-9-4-3-7-17(20)27-18-8-5-10-21(30)24(18)25(29)23-11-6-14-34-23/h3-4,6-7,9,11-15,25,27H,5,8,10H2,1-2H3,(H,28,31)/t25-/m1/s1. The number of allylic oxidation sites excluding steroid dienone is 1. The molecule has 1 aliphatic carbocycles. The van der Waals surface area contributed by atoms with Crippen LogP contribution in [-0.4, -0.2) is 26.0 Å². The van der Waals surface area contributed by atoms with Crippen molar-refractivity contribution in [3.8, 4) is 11.5 Å². The predicted octanol–water partition coefficient (Wildman–Crippen LogP) is 5.98. The molecule has 0 saturated heterocycles. The number of ketones is 1. The van der Waals surface area contributed by atoms with Crippen molar-refractivity contribution in [3.63, 3.8) is 0 Å². The molecule has 34 heavy (non-hydrogen) atoms. The third-order valence-electron chi connectivity index (χ3n) is 6.12. The maximum Gasteiger partial charge on any atom is 0.327 e. The molecule has 0 radical (unpaired) electrons. The van der Waals surface area contributed by atoms with E-state index in [2.05, 4.69) is 10.6 Å². The minimum atomic E-state index is -0.546. The lowest BCUT2D eigenvalue weighted by Gasteiger charge is -2.33. The molecule has 2 aliphatic rings. The lowest BCUT2D eigenvalue weighted by molar-refractivity contribution is -0.116. The smallest absolute Gasteiger partial charge is 0.327 e. The van der Waals surface area contributed by atoms with Crippen LogP contribution in [0.25, 0.3) is 0 Å². The number of amides is 2. The Bertz CT molecular complexity index is 1270. The number of rotatable bonds is 4. The van der Waals surface area contributed by atoms with Crippen molar-refractivity contribution in [3.05, 3.63) is 76.1 Å². The van der Waals surface area contributed by atoms with Crippen molar-refractivity contribution in [1.82, 2.24) is 0 Å². The van der Waals surface area contributed by atoms with E-state index in [1.54, 1.807) is 37.3 Å². The molecule has 174 valence electrons. The van der Waals surface area contributed by atoms with Crippen LogP contribution in [0.2, 0.25) is 0 Å². The summed E-state index contributed by atoms with van der Waals surface area (Å²) in [7, 11) is 3.12. The summed E-state index contributed by atoms with van der Waals surface area (Å²) < 4.78 is 10.8. The average Bonchev–Trinajstić information content (AvgIpc) is 3.33. The molecule has 0 saturated carbocycles. The van der Waals surface area contributed by atoms with E-state index in [-0.39, 0.29) is 11.8 Å². The molecule has 1 atom stereocenters. The highest BCUT2D eigenvalue weighted by Gasteiger charge is 2.40. The number of nitrogens with one attached hydrogen (secondary N) is 2. The third-order valence-corrected chi connectivity index (χ3v) is 7.04. The number of thiophene rings is 1. The SMILES string of the molecule is COc1ccc(OC)c(NC(=O)N2c3ccccc3NC3=C(C(=O)CCC3)[C@H]2c2cccs2)c1. The van der Waals surface area contributed by atoms with Gasteiger partial charge in [-0.25, -0.2) is 4.79 Å². The van der Waals surface area contributed by atoms with Gasteiger partial charge in [-0.3, -0.25) is 9.69 Å². The number of Topliss-reactive ketones (excluding diaryl/α,β-unsaturated/α-hetero) is 1. The summed E-state index contributed by atoms with van der Waals surface area (Å²) in [6.07, 6.45) is 2.02. The van der Waals surface area contributed by atoms with Gasteiger partial charge in [-0.2, -0.15) is 0 Å². The number of carbonyl (C=O) groups is 2. The first-order chi connectivity index (χ1) is 16.6. The number of anilines is 3. The number of nitrogens with zero attached hydrogens (tertiary/aromatic N) is 1. The number of ether oxygens (including phenoxy) is 2. The molecule has 0 bridgehead atoms. The average molecular weight is 476 g/mol. The van der Waals surface area contributed by atoms with E-state index in [0.29, 0.717) is 34.9 Å². The van der Waals surface area contributed by atoms with Gasteiger partial charge in [0.25, 0.3) is 0 Å². The Balaban J connectivity index is 1.66. The second kappa shape index (κ2) is 9.23. The molecule has 3 aromatic rings. The first-order valence-electron chi connectivity index (χ1n) is 11.1. The number of methoxy groups -OCH3 is 2. The number of fused-ring (bicyclic) bond motifs is 1. The summed E-state index contributed by atoms with van der Waals surface area (Å²) in [6, 6.07) is 15.9.